The number of carboxylic acids is 1. The van der Waals surface area contributed by atoms with Gasteiger partial charge in [0.2, 0.25) is 0 Å². The molecule has 5 heteroatoms. The standard InChI is InChI=1S/C15H19NO2S2/c1-10(2)9-11(14(17)18)7-8-19-15-16-12-5-3-4-6-13(12)20-15/h3-6,10-11H,7-9H2,1-2H3,(H,17,18)/p-1. The maximum Gasteiger partial charge on any atom is 0.151 e. The van der Waals surface area contributed by atoms with Gasteiger partial charge in [0.1, 0.15) is 0 Å². The Morgan fingerprint density at radius 2 is 2.15 bits per heavy atom. The topological polar surface area (TPSA) is 53.0 Å². The highest BCUT2D eigenvalue weighted by Crippen LogP contribution is 2.30. The predicted octanol–water partition coefficient (Wildman–Crippen LogP) is 3.19. The van der Waals surface area contributed by atoms with Crippen LogP contribution in [-0.2, 0) is 4.79 Å². The average Bonchev–Trinajstić information content (AvgIpc) is 2.79. The van der Waals surface area contributed by atoms with E-state index in [1.54, 1.807) is 23.1 Å². The van der Waals surface area contributed by atoms with E-state index >= 15 is 0 Å². The van der Waals surface area contributed by atoms with E-state index in [0.717, 1.165) is 15.6 Å². The third kappa shape index (κ3) is 4.21. The van der Waals surface area contributed by atoms with Gasteiger partial charge in [-0.2, -0.15) is 0 Å². The number of thiazole rings is 1. The normalized spacial score (nSPS) is 12.9. The van der Waals surface area contributed by atoms with E-state index in [1.165, 1.54) is 4.70 Å². The van der Waals surface area contributed by atoms with Gasteiger partial charge in [-0.1, -0.05) is 37.7 Å². The first-order valence-electron chi connectivity index (χ1n) is 6.75. The van der Waals surface area contributed by atoms with Crippen LogP contribution in [0.4, 0.5) is 0 Å². The monoisotopic (exact) mass is 308 g/mol. The highest BCUT2D eigenvalue weighted by molar-refractivity contribution is 8.01. The van der Waals surface area contributed by atoms with Crippen LogP contribution in [0.15, 0.2) is 28.6 Å². The minimum Gasteiger partial charge on any atom is -0.550 e. The number of fused-ring (bicyclic) bond motifs is 1. The van der Waals surface area contributed by atoms with Crippen LogP contribution in [0.2, 0.25) is 0 Å². The third-order valence-corrected chi connectivity index (χ3v) is 5.27. The molecule has 1 heterocycles. The van der Waals surface area contributed by atoms with Crippen molar-refractivity contribution in [3.8, 4) is 0 Å². The number of carboxylic acid groups (broad SMARTS) is 1. The van der Waals surface area contributed by atoms with Gasteiger partial charge in [0, 0.05) is 11.7 Å². The summed E-state index contributed by atoms with van der Waals surface area (Å²) in [6, 6.07) is 8.04. The summed E-state index contributed by atoms with van der Waals surface area (Å²) in [6.45, 7) is 4.08. The van der Waals surface area contributed by atoms with E-state index in [4.69, 9.17) is 0 Å². The summed E-state index contributed by atoms with van der Waals surface area (Å²) in [4.78, 5) is 15.6. The Kier molecular flexibility index (Phi) is 5.43. The largest absolute Gasteiger partial charge is 0.550 e. The summed E-state index contributed by atoms with van der Waals surface area (Å²) in [5.41, 5.74) is 1.01. The molecule has 1 atom stereocenters. The number of thioether (sulfide) groups is 1. The highest BCUT2D eigenvalue weighted by Gasteiger charge is 2.13. The first-order valence-corrected chi connectivity index (χ1v) is 8.55. The van der Waals surface area contributed by atoms with Crippen molar-refractivity contribution in [1.29, 1.82) is 0 Å². The molecule has 0 N–H and O–H groups in total. The van der Waals surface area contributed by atoms with Crippen molar-refractivity contribution in [2.75, 3.05) is 5.75 Å². The molecule has 20 heavy (non-hydrogen) atoms. The first-order chi connectivity index (χ1) is 9.56. The summed E-state index contributed by atoms with van der Waals surface area (Å²) >= 11 is 3.30. The molecule has 2 aromatic rings. The molecule has 0 fully saturated rings. The fraction of sp³-hybridized carbons (Fsp3) is 0.467. The molecule has 0 aliphatic carbocycles. The molecule has 0 bridgehead atoms. The molecule has 0 spiro atoms. The summed E-state index contributed by atoms with van der Waals surface area (Å²) in [5, 5.41) is 11.1. The Morgan fingerprint density at radius 3 is 2.80 bits per heavy atom. The summed E-state index contributed by atoms with van der Waals surface area (Å²) in [7, 11) is 0. The Bertz CT molecular complexity index is 547. The number of hydrogen-bond donors (Lipinski definition) is 0. The molecule has 0 amide bonds. The van der Waals surface area contributed by atoms with Gasteiger partial charge in [-0.25, -0.2) is 4.98 Å². The molecule has 1 aromatic heterocycles. The average molecular weight is 308 g/mol. The fourth-order valence-corrected chi connectivity index (χ4v) is 4.29. The lowest BCUT2D eigenvalue weighted by Gasteiger charge is -2.19. The molecule has 0 saturated carbocycles. The quantitative estimate of drug-likeness (QED) is 0.737. The SMILES string of the molecule is CC(C)CC(CCSc1nc2ccccc2s1)C(=O)[O-]. The highest BCUT2D eigenvalue weighted by atomic mass is 32.2. The van der Waals surface area contributed by atoms with Gasteiger partial charge in [-0.3, -0.25) is 0 Å². The second kappa shape index (κ2) is 7.09. The predicted molar refractivity (Wildman–Crippen MR) is 82.9 cm³/mol. The van der Waals surface area contributed by atoms with Crippen LogP contribution >= 0.6 is 23.1 Å². The van der Waals surface area contributed by atoms with Crippen LogP contribution in [0, 0.1) is 11.8 Å². The first kappa shape index (κ1) is 15.3. The Balaban J connectivity index is 1.89. The minimum atomic E-state index is -0.927. The zero-order chi connectivity index (χ0) is 14.5. The number of benzene rings is 1. The van der Waals surface area contributed by atoms with Crippen molar-refractivity contribution in [1.82, 2.24) is 4.98 Å². The van der Waals surface area contributed by atoms with Gasteiger partial charge < -0.3 is 9.90 Å². The van der Waals surface area contributed by atoms with Gasteiger partial charge >= 0.3 is 0 Å². The number of para-hydroxylation sites is 1. The second-order valence-electron chi connectivity index (χ2n) is 5.23. The van der Waals surface area contributed by atoms with Crippen LogP contribution in [0.3, 0.4) is 0 Å². The number of aliphatic carboxylic acids is 1. The Morgan fingerprint density at radius 1 is 1.40 bits per heavy atom. The maximum absolute atomic E-state index is 11.1. The fourth-order valence-electron chi connectivity index (χ4n) is 2.10. The van der Waals surface area contributed by atoms with Crippen molar-refractivity contribution in [3.63, 3.8) is 0 Å². The lowest BCUT2D eigenvalue weighted by atomic mass is 9.95. The molecule has 0 radical (unpaired) electrons. The van der Waals surface area contributed by atoms with E-state index in [0.29, 0.717) is 18.8 Å². The number of carbonyl (C=O) groups is 1. The summed E-state index contributed by atoms with van der Waals surface area (Å²) < 4.78 is 2.18. The molecule has 1 aromatic carbocycles. The van der Waals surface area contributed by atoms with E-state index in [2.05, 4.69) is 11.1 Å². The Labute approximate surface area is 127 Å². The van der Waals surface area contributed by atoms with Crippen molar-refractivity contribution in [3.05, 3.63) is 24.3 Å². The van der Waals surface area contributed by atoms with Crippen molar-refractivity contribution >= 4 is 39.3 Å². The molecule has 0 aliphatic heterocycles. The molecular formula is C15H18NO2S2-. The number of aromatic nitrogens is 1. The molecule has 1 unspecified atom stereocenters. The maximum atomic E-state index is 11.1. The number of carbonyl (C=O) groups excluding carboxylic acids is 1. The summed E-state index contributed by atoms with van der Waals surface area (Å²) in [6.07, 6.45) is 1.32. The molecular weight excluding hydrogens is 290 g/mol. The van der Waals surface area contributed by atoms with Crippen molar-refractivity contribution in [2.45, 2.75) is 31.0 Å². The van der Waals surface area contributed by atoms with E-state index < -0.39 is 5.97 Å². The Hall–Kier alpha value is -1.07. The van der Waals surface area contributed by atoms with Gasteiger partial charge in [0.15, 0.2) is 4.34 Å². The van der Waals surface area contributed by atoms with Crippen LogP contribution < -0.4 is 5.11 Å². The van der Waals surface area contributed by atoms with Crippen molar-refractivity contribution in [2.24, 2.45) is 11.8 Å². The van der Waals surface area contributed by atoms with Gasteiger partial charge in [0.25, 0.3) is 0 Å². The van der Waals surface area contributed by atoms with Gasteiger partial charge in [-0.15, -0.1) is 11.3 Å². The van der Waals surface area contributed by atoms with Gasteiger partial charge in [0.05, 0.1) is 10.2 Å². The van der Waals surface area contributed by atoms with E-state index in [-0.39, 0.29) is 5.92 Å². The van der Waals surface area contributed by atoms with Crippen LogP contribution in [-0.4, -0.2) is 16.7 Å². The third-order valence-electron chi connectivity index (χ3n) is 3.06. The molecule has 108 valence electrons. The van der Waals surface area contributed by atoms with E-state index in [9.17, 15) is 9.90 Å². The van der Waals surface area contributed by atoms with Crippen LogP contribution in [0.1, 0.15) is 26.7 Å². The lowest BCUT2D eigenvalue weighted by molar-refractivity contribution is -0.312. The zero-order valence-corrected chi connectivity index (χ0v) is 13.3. The molecule has 2 rings (SSSR count). The smallest absolute Gasteiger partial charge is 0.151 e. The number of hydrogen-bond acceptors (Lipinski definition) is 5. The summed E-state index contributed by atoms with van der Waals surface area (Å²) in [5.74, 6) is -0.128. The van der Waals surface area contributed by atoms with Crippen LogP contribution in [0.5, 0.6) is 0 Å². The minimum absolute atomic E-state index is 0.350. The van der Waals surface area contributed by atoms with Crippen LogP contribution in [0.25, 0.3) is 10.2 Å². The van der Waals surface area contributed by atoms with Crippen molar-refractivity contribution < 1.29 is 9.90 Å². The van der Waals surface area contributed by atoms with Gasteiger partial charge in [-0.05, 0) is 36.8 Å². The molecule has 0 aliphatic rings. The number of nitrogens with zero attached hydrogens (tertiary/aromatic N) is 1. The molecule has 3 nitrogen and oxygen atoms in total. The zero-order valence-electron chi connectivity index (χ0n) is 11.7. The molecule has 0 saturated heterocycles. The number of rotatable bonds is 7. The lowest BCUT2D eigenvalue weighted by Crippen LogP contribution is -2.32. The second-order valence-corrected chi connectivity index (χ2v) is 7.60. The van der Waals surface area contributed by atoms with E-state index in [1.807, 2.05) is 32.0 Å².